The van der Waals surface area contributed by atoms with Gasteiger partial charge in [-0.25, -0.2) is 0 Å². The number of hydrogen-bond acceptors (Lipinski definition) is 4. The van der Waals surface area contributed by atoms with Gasteiger partial charge in [-0.2, -0.15) is 0 Å². The van der Waals surface area contributed by atoms with Gasteiger partial charge in [0.25, 0.3) is 0 Å². The number of methoxy groups -OCH3 is 1. The van der Waals surface area contributed by atoms with Crippen LogP contribution in [-0.2, 0) is 16.1 Å². The van der Waals surface area contributed by atoms with E-state index in [0.717, 1.165) is 24.0 Å². The lowest BCUT2D eigenvalue weighted by Gasteiger charge is -2.22. The second-order valence-corrected chi connectivity index (χ2v) is 7.09. The summed E-state index contributed by atoms with van der Waals surface area (Å²) in [6.45, 7) is 2.85. The lowest BCUT2D eigenvalue weighted by molar-refractivity contribution is 0.0210. The number of rotatable bonds is 14. The largest absolute Gasteiger partial charge is 0.504 e. The van der Waals surface area contributed by atoms with E-state index in [9.17, 15) is 5.11 Å². The van der Waals surface area contributed by atoms with Crippen LogP contribution in [0.25, 0.3) is 0 Å². The van der Waals surface area contributed by atoms with Crippen LogP contribution in [0, 0.1) is 0 Å². The van der Waals surface area contributed by atoms with E-state index in [1.54, 1.807) is 13.2 Å². The summed E-state index contributed by atoms with van der Waals surface area (Å²) < 4.78 is 17.0. The van der Waals surface area contributed by atoms with Crippen LogP contribution in [0.3, 0.4) is 0 Å². The van der Waals surface area contributed by atoms with E-state index < -0.39 is 0 Å². The number of phenols is 1. The number of aromatic hydroxyl groups is 1. The second-order valence-electron chi connectivity index (χ2n) is 7.09. The number of hydrogen-bond donors (Lipinski definition) is 1. The molecule has 0 aliphatic heterocycles. The quantitative estimate of drug-likeness (QED) is 0.302. The monoisotopic (exact) mass is 386 g/mol. The first-order chi connectivity index (χ1) is 13.8. The minimum absolute atomic E-state index is 0.0903. The third-order valence-electron chi connectivity index (χ3n) is 4.81. The molecule has 0 saturated heterocycles. The summed E-state index contributed by atoms with van der Waals surface area (Å²) in [6, 6.07) is 15.6. The fraction of sp³-hybridized carbons (Fsp3) is 0.500. The average Bonchev–Trinajstić information content (AvgIpc) is 2.72. The first kappa shape index (κ1) is 22.3. The van der Waals surface area contributed by atoms with E-state index in [1.807, 2.05) is 30.3 Å². The molecule has 4 heteroatoms. The SMILES string of the molecule is CCCCCCCCC(OCc1ccccc1)c1cccc(O)c1OCOC. The normalized spacial score (nSPS) is 12.1. The van der Waals surface area contributed by atoms with Gasteiger partial charge >= 0.3 is 0 Å². The van der Waals surface area contributed by atoms with Crippen molar-refractivity contribution < 1.29 is 19.3 Å². The number of benzene rings is 2. The van der Waals surface area contributed by atoms with Crippen molar-refractivity contribution >= 4 is 0 Å². The van der Waals surface area contributed by atoms with E-state index in [0.29, 0.717) is 12.4 Å². The number of phenolic OH excluding ortho intramolecular Hbond substituents is 1. The van der Waals surface area contributed by atoms with Crippen molar-refractivity contribution in [1.29, 1.82) is 0 Å². The van der Waals surface area contributed by atoms with Crippen LogP contribution in [0.1, 0.15) is 69.1 Å². The number of para-hydroxylation sites is 1. The zero-order valence-electron chi connectivity index (χ0n) is 17.2. The summed E-state index contributed by atoms with van der Waals surface area (Å²) in [5.41, 5.74) is 2.01. The zero-order valence-corrected chi connectivity index (χ0v) is 17.2. The van der Waals surface area contributed by atoms with Crippen molar-refractivity contribution in [3.05, 3.63) is 59.7 Å². The lowest BCUT2D eigenvalue weighted by Crippen LogP contribution is -2.09. The van der Waals surface area contributed by atoms with E-state index in [1.165, 1.54) is 32.1 Å². The Hall–Kier alpha value is -2.04. The molecule has 0 amide bonds. The van der Waals surface area contributed by atoms with Gasteiger partial charge in [-0.05, 0) is 18.1 Å². The fourth-order valence-electron chi connectivity index (χ4n) is 3.28. The standard InChI is InChI=1S/C24H34O4/c1-3-4-5-6-7-11-17-23(27-18-20-13-9-8-10-14-20)21-15-12-16-22(25)24(21)28-19-26-2/h8-10,12-16,23,25H,3-7,11,17-19H2,1-2H3. The molecule has 28 heavy (non-hydrogen) atoms. The Morgan fingerprint density at radius 1 is 0.893 bits per heavy atom. The summed E-state index contributed by atoms with van der Waals surface area (Å²) in [4.78, 5) is 0. The molecule has 0 radical (unpaired) electrons. The third-order valence-corrected chi connectivity index (χ3v) is 4.81. The predicted molar refractivity (Wildman–Crippen MR) is 113 cm³/mol. The molecular weight excluding hydrogens is 352 g/mol. The molecule has 0 spiro atoms. The second kappa shape index (κ2) is 13.2. The van der Waals surface area contributed by atoms with Crippen molar-refractivity contribution in [2.45, 2.75) is 64.6 Å². The third kappa shape index (κ3) is 7.53. The van der Waals surface area contributed by atoms with Gasteiger partial charge in [-0.15, -0.1) is 0 Å². The molecule has 0 aliphatic rings. The highest BCUT2D eigenvalue weighted by atomic mass is 16.7. The maximum absolute atomic E-state index is 10.3. The molecular formula is C24H34O4. The Balaban J connectivity index is 2.07. The summed E-state index contributed by atoms with van der Waals surface area (Å²) in [5.74, 6) is 0.569. The molecule has 0 saturated carbocycles. The molecule has 2 aromatic rings. The van der Waals surface area contributed by atoms with Gasteiger partial charge in [-0.1, -0.05) is 87.9 Å². The van der Waals surface area contributed by atoms with E-state index >= 15 is 0 Å². The first-order valence-electron chi connectivity index (χ1n) is 10.3. The van der Waals surface area contributed by atoms with Crippen LogP contribution in [0.5, 0.6) is 11.5 Å². The molecule has 0 aromatic heterocycles. The van der Waals surface area contributed by atoms with Gasteiger partial charge in [-0.3, -0.25) is 0 Å². The molecule has 1 atom stereocenters. The smallest absolute Gasteiger partial charge is 0.188 e. The maximum atomic E-state index is 10.3. The molecule has 0 aliphatic carbocycles. The van der Waals surface area contributed by atoms with E-state index in [-0.39, 0.29) is 18.6 Å². The number of ether oxygens (including phenoxy) is 3. The highest BCUT2D eigenvalue weighted by molar-refractivity contribution is 5.46. The lowest BCUT2D eigenvalue weighted by atomic mass is 10.0. The average molecular weight is 387 g/mol. The van der Waals surface area contributed by atoms with Crippen molar-refractivity contribution in [3.63, 3.8) is 0 Å². The molecule has 2 rings (SSSR count). The van der Waals surface area contributed by atoms with Crippen LogP contribution in [0.15, 0.2) is 48.5 Å². The van der Waals surface area contributed by atoms with Crippen LogP contribution >= 0.6 is 0 Å². The van der Waals surface area contributed by atoms with Gasteiger partial charge in [0.1, 0.15) is 0 Å². The summed E-state index contributed by atoms with van der Waals surface area (Å²) in [7, 11) is 1.57. The van der Waals surface area contributed by atoms with Gasteiger partial charge < -0.3 is 19.3 Å². The Bertz CT molecular complexity index is 657. The summed E-state index contributed by atoms with van der Waals surface area (Å²) in [5, 5.41) is 10.3. The van der Waals surface area contributed by atoms with Crippen molar-refractivity contribution in [2.75, 3.05) is 13.9 Å². The molecule has 1 N–H and O–H groups in total. The minimum Gasteiger partial charge on any atom is -0.504 e. The van der Waals surface area contributed by atoms with Crippen molar-refractivity contribution in [2.24, 2.45) is 0 Å². The Morgan fingerprint density at radius 3 is 2.39 bits per heavy atom. The van der Waals surface area contributed by atoms with Crippen LogP contribution in [0.2, 0.25) is 0 Å². The van der Waals surface area contributed by atoms with Crippen molar-refractivity contribution in [3.8, 4) is 11.5 Å². The first-order valence-corrected chi connectivity index (χ1v) is 10.3. The predicted octanol–water partition coefficient (Wildman–Crippen LogP) is 6.38. The molecule has 0 heterocycles. The van der Waals surface area contributed by atoms with Gasteiger partial charge in [0.2, 0.25) is 0 Å². The zero-order chi connectivity index (χ0) is 20.0. The van der Waals surface area contributed by atoms with Gasteiger partial charge in [0.05, 0.1) is 12.7 Å². The molecule has 1 unspecified atom stereocenters. The number of unbranched alkanes of at least 4 members (excludes halogenated alkanes) is 5. The summed E-state index contributed by atoms with van der Waals surface area (Å²) >= 11 is 0. The minimum atomic E-state index is -0.134. The molecule has 154 valence electrons. The Morgan fingerprint density at radius 2 is 1.64 bits per heavy atom. The molecule has 0 bridgehead atoms. The maximum Gasteiger partial charge on any atom is 0.188 e. The summed E-state index contributed by atoms with van der Waals surface area (Å²) in [6.07, 6.45) is 8.14. The topological polar surface area (TPSA) is 47.9 Å². The Labute approximate surface area is 169 Å². The molecule has 0 fully saturated rings. The van der Waals surface area contributed by atoms with Crippen molar-refractivity contribution in [1.82, 2.24) is 0 Å². The van der Waals surface area contributed by atoms with Crippen LogP contribution in [-0.4, -0.2) is 19.0 Å². The highest BCUT2D eigenvalue weighted by Crippen LogP contribution is 2.38. The fourth-order valence-corrected chi connectivity index (χ4v) is 3.28. The molecule has 2 aromatic carbocycles. The highest BCUT2D eigenvalue weighted by Gasteiger charge is 2.20. The Kier molecular flexibility index (Phi) is 10.5. The van der Waals surface area contributed by atoms with E-state index in [2.05, 4.69) is 19.1 Å². The molecule has 4 nitrogen and oxygen atoms in total. The van der Waals surface area contributed by atoms with Crippen LogP contribution in [0.4, 0.5) is 0 Å². The van der Waals surface area contributed by atoms with Gasteiger partial charge in [0, 0.05) is 12.7 Å². The van der Waals surface area contributed by atoms with Crippen LogP contribution < -0.4 is 4.74 Å². The van der Waals surface area contributed by atoms with E-state index in [4.69, 9.17) is 14.2 Å². The van der Waals surface area contributed by atoms with Gasteiger partial charge in [0.15, 0.2) is 18.3 Å².